The Morgan fingerprint density at radius 3 is 1.54 bits per heavy atom. The fourth-order valence-corrected chi connectivity index (χ4v) is 13.3. The average molecular weight is 972 g/mol. The van der Waals surface area contributed by atoms with Gasteiger partial charge in [0.25, 0.3) is 0 Å². The Labute approximate surface area is 447 Å². The fourth-order valence-electron chi connectivity index (χ4n) is 13.3. The van der Waals surface area contributed by atoms with Gasteiger partial charge in [0.2, 0.25) is 0 Å². The monoisotopic (exact) mass is 971 g/mol. The Morgan fingerprint density at radius 2 is 0.816 bits per heavy atom. The van der Waals surface area contributed by atoms with Gasteiger partial charge in [-0.15, -0.1) is 0 Å². The van der Waals surface area contributed by atoms with Crippen LogP contribution in [0.4, 0.5) is 17.1 Å². The minimum atomic E-state index is -0.515. The predicted octanol–water partition coefficient (Wildman–Crippen LogP) is 20.5. The molecule has 0 unspecified atom stereocenters. The minimum Gasteiger partial charge on any atom is -0.309 e. The van der Waals surface area contributed by atoms with Crippen molar-refractivity contribution >= 4 is 38.6 Å². The molecule has 0 amide bonds. The maximum atomic E-state index is 2.53. The number of anilines is 3. The van der Waals surface area contributed by atoms with Gasteiger partial charge in [-0.2, -0.15) is 0 Å². The Balaban J connectivity index is 0.949. The molecule has 0 saturated heterocycles. The molecule has 14 rings (SSSR count). The number of hydrogen-bond donors (Lipinski definition) is 0. The molecule has 76 heavy (non-hydrogen) atoms. The Hall–Kier alpha value is -9.04. The molecule has 0 radical (unpaired) electrons. The van der Waals surface area contributed by atoms with Crippen LogP contribution in [0.1, 0.15) is 65.8 Å². The van der Waals surface area contributed by atoms with Gasteiger partial charge >= 0.3 is 0 Å². The largest absolute Gasteiger partial charge is 0.309 e. The lowest BCUT2D eigenvalue weighted by Gasteiger charge is -2.34. The fraction of sp³-hybridized carbons (Fsp3) is 0.0933. The van der Waals surface area contributed by atoms with Gasteiger partial charge in [-0.1, -0.05) is 268 Å². The van der Waals surface area contributed by atoms with Gasteiger partial charge < -0.3 is 4.90 Å². The van der Waals surface area contributed by atoms with Crippen molar-refractivity contribution in [1.29, 1.82) is 0 Å². The van der Waals surface area contributed by atoms with E-state index < -0.39 is 5.41 Å². The van der Waals surface area contributed by atoms with Gasteiger partial charge in [0.15, 0.2) is 0 Å². The molecule has 12 aromatic rings. The van der Waals surface area contributed by atoms with Crippen LogP contribution >= 0.6 is 0 Å². The van der Waals surface area contributed by atoms with E-state index in [1.54, 1.807) is 0 Å². The number of nitrogens with zero attached hydrogens (tertiary/aromatic N) is 1. The Bertz CT molecular complexity index is 4020. The van der Waals surface area contributed by atoms with Gasteiger partial charge in [-0.05, 0) is 143 Å². The second-order valence-corrected chi connectivity index (χ2v) is 20.9. The minimum absolute atomic E-state index is 0.515. The van der Waals surface area contributed by atoms with Crippen molar-refractivity contribution in [3.8, 4) is 55.6 Å². The summed E-state index contributed by atoms with van der Waals surface area (Å²) in [5.41, 5.74) is 21.7. The summed E-state index contributed by atoms with van der Waals surface area (Å²) in [5, 5.41) is 5.22. The third-order valence-corrected chi connectivity index (χ3v) is 16.8. The van der Waals surface area contributed by atoms with Crippen molar-refractivity contribution < 1.29 is 0 Å². The number of benzene rings is 12. The molecule has 1 heteroatoms. The molecule has 2 aliphatic rings. The van der Waals surface area contributed by atoms with E-state index in [4.69, 9.17) is 0 Å². The standard InChI is InChI=1S/C75H57N/c1-4-21-55(22-5-1)65-36-19-25-57-26-20-37-69(74(57)65)68-34-14-17-40-73(68)76(61-48-45-53(46-49-61)52-41-43-56(44-42-52)63-35-18-24-54-23-10-11-31-62(54)63)72-39-16-13-32-64(72)58-47-50-67-66-33-12-15-38-70(66)75(71(67)51-58,59-27-6-2-7-28-59)60-29-8-3-9-30-60/h2-3,6-20,23-51,55H,1,4-5,21-22H2. The highest BCUT2D eigenvalue weighted by atomic mass is 15.1. The highest BCUT2D eigenvalue weighted by Crippen LogP contribution is 2.57. The lowest BCUT2D eigenvalue weighted by molar-refractivity contribution is 0.445. The first-order valence-corrected chi connectivity index (χ1v) is 27.3. The Kier molecular flexibility index (Phi) is 11.6. The van der Waals surface area contributed by atoms with Crippen molar-refractivity contribution in [3.63, 3.8) is 0 Å². The maximum Gasteiger partial charge on any atom is 0.0713 e. The van der Waals surface area contributed by atoms with Crippen LogP contribution in [0.15, 0.2) is 279 Å². The van der Waals surface area contributed by atoms with Gasteiger partial charge in [0.1, 0.15) is 0 Å². The quantitative estimate of drug-likeness (QED) is 0.132. The molecule has 1 nitrogen and oxygen atoms in total. The molecule has 1 fully saturated rings. The van der Waals surface area contributed by atoms with E-state index in [0.29, 0.717) is 5.92 Å². The smallest absolute Gasteiger partial charge is 0.0713 e. The lowest BCUT2D eigenvalue weighted by Crippen LogP contribution is -2.28. The molecule has 0 aromatic heterocycles. The maximum absolute atomic E-state index is 2.53. The molecule has 0 atom stereocenters. The summed E-state index contributed by atoms with van der Waals surface area (Å²) in [6.07, 6.45) is 6.41. The number of rotatable bonds is 10. The number of hydrogen-bond acceptors (Lipinski definition) is 1. The van der Waals surface area contributed by atoms with Gasteiger partial charge in [0.05, 0.1) is 16.8 Å². The van der Waals surface area contributed by atoms with Crippen LogP contribution in [0.2, 0.25) is 0 Å². The average Bonchev–Trinajstić information content (AvgIpc) is 3.99. The summed E-state index contributed by atoms with van der Waals surface area (Å²) in [7, 11) is 0. The zero-order chi connectivity index (χ0) is 50.4. The predicted molar refractivity (Wildman–Crippen MR) is 321 cm³/mol. The summed E-state index contributed by atoms with van der Waals surface area (Å²) >= 11 is 0. The summed E-state index contributed by atoms with van der Waals surface area (Å²) in [6, 6.07) is 104. The van der Waals surface area contributed by atoms with Gasteiger partial charge in [-0.3, -0.25) is 0 Å². The third kappa shape index (κ3) is 7.68. The van der Waals surface area contributed by atoms with E-state index in [0.717, 1.165) is 17.1 Å². The first-order valence-electron chi connectivity index (χ1n) is 27.3. The van der Waals surface area contributed by atoms with Crippen molar-refractivity contribution in [2.45, 2.75) is 43.4 Å². The molecule has 0 heterocycles. The number of para-hydroxylation sites is 2. The van der Waals surface area contributed by atoms with Crippen LogP contribution in [0, 0.1) is 0 Å². The molecular weight excluding hydrogens is 915 g/mol. The highest BCUT2D eigenvalue weighted by Gasteiger charge is 2.46. The molecule has 12 aromatic carbocycles. The van der Waals surface area contributed by atoms with Crippen LogP contribution in [0.5, 0.6) is 0 Å². The Morgan fingerprint density at radius 1 is 0.316 bits per heavy atom. The van der Waals surface area contributed by atoms with E-state index in [1.807, 2.05) is 0 Å². The summed E-state index contributed by atoms with van der Waals surface area (Å²) in [6.45, 7) is 0. The zero-order valence-corrected chi connectivity index (χ0v) is 42.6. The third-order valence-electron chi connectivity index (χ3n) is 16.8. The van der Waals surface area contributed by atoms with Crippen LogP contribution in [0.3, 0.4) is 0 Å². The van der Waals surface area contributed by atoms with E-state index in [9.17, 15) is 0 Å². The molecule has 0 spiro atoms. The molecule has 0 aliphatic heterocycles. The molecule has 362 valence electrons. The van der Waals surface area contributed by atoms with Gasteiger partial charge in [-0.25, -0.2) is 0 Å². The zero-order valence-electron chi connectivity index (χ0n) is 42.6. The van der Waals surface area contributed by atoms with Crippen LogP contribution in [0.25, 0.3) is 77.2 Å². The van der Waals surface area contributed by atoms with Crippen LogP contribution in [-0.2, 0) is 5.41 Å². The number of fused-ring (bicyclic) bond motifs is 5. The van der Waals surface area contributed by atoms with Crippen molar-refractivity contribution in [2.24, 2.45) is 0 Å². The second kappa shape index (κ2) is 19.3. The SMILES string of the molecule is c1ccc(C2(c3ccccc3)c3ccccc3-c3ccc(-c4ccccc4N(c4ccc(-c5ccc(-c6cccc7ccccc67)cc5)cc4)c4ccccc4-c4cccc5cccc(C6CCCCC6)c45)cc32)cc1. The van der Waals surface area contributed by atoms with Crippen molar-refractivity contribution in [2.75, 3.05) is 4.90 Å². The topological polar surface area (TPSA) is 3.24 Å². The molecule has 2 aliphatic carbocycles. The summed E-state index contributed by atoms with van der Waals surface area (Å²) in [5.74, 6) is 0.557. The van der Waals surface area contributed by atoms with Crippen LogP contribution in [-0.4, -0.2) is 0 Å². The lowest BCUT2D eigenvalue weighted by atomic mass is 9.67. The van der Waals surface area contributed by atoms with Crippen molar-refractivity contribution in [1.82, 2.24) is 0 Å². The van der Waals surface area contributed by atoms with Gasteiger partial charge in [0, 0.05) is 16.8 Å². The van der Waals surface area contributed by atoms with E-state index in [1.165, 1.54) is 137 Å². The van der Waals surface area contributed by atoms with Crippen LogP contribution < -0.4 is 4.90 Å². The first kappa shape index (κ1) is 45.6. The van der Waals surface area contributed by atoms with E-state index in [2.05, 4.69) is 284 Å². The molecular formula is C75H57N. The first-order chi connectivity index (χ1) is 37.7. The summed E-state index contributed by atoms with van der Waals surface area (Å²) in [4.78, 5) is 2.53. The van der Waals surface area contributed by atoms with E-state index >= 15 is 0 Å². The molecule has 0 bridgehead atoms. The summed E-state index contributed by atoms with van der Waals surface area (Å²) < 4.78 is 0. The molecule has 0 N–H and O–H groups in total. The highest BCUT2D eigenvalue weighted by molar-refractivity contribution is 6.04. The van der Waals surface area contributed by atoms with Crippen molar-refractivity contribution in [3.05, 3.63) is 307 Å². The normalized spacial score (nSPS) is 13.8. The molecule has 1 saturated carbocycles. The van der Waals surface area contributed by atoms with E-state index in [-0.39, 0.29) is 0 Å². The second-order valence-electron chi connectivity index (χ2n) is 20.9.